The maximum atomic E-state index is 11.7. The van der Waals surface area contributed by atoms with E-state index in [1.54, 1.807) is 5.38 Å². The zero-order chi connectivity index (χ0) is 13.6. The van der Waals surface area contributed by atoms with E-state index in [9.17, 15) is 4.79 Å². The number of rotatable bonds is 6. The summed E-state index contributed by atoms with van der Waals surface area (Å²) in [7, 11) is 0. The molecule has 1 amide bonds. The second-order valence-corrected chi connectivity index (χ2v) is 6.55. The molecular weight excluding hydrogens is 246 g/mol. The third-order valence-electron chi connectivity index (χ3n) is 2.60. The molecule has 0 aliphatic heterocycles. The lowest BCUT2D eigenvalue weighted by molar-refractivity contribution is 0.0948. The molecule has 0 aromatic carbocycles. The summed E-state index contributed by atoms with van der Waals surface area (Å²) in [6.07, 6.45) is 3.32. The Labute approximate surface area is 113 Å². The van der Waals surface area contributed by atoms with Crippen LogP contribution in [0, 0.1) is 5.41 Å². The van der Waals surface area contributed by atoms with E-state index in [-0.39, 0.29) is 5.91 Å². The van der Waals surface area contributed by atoms with Crippen LogP contribution >= 0.6 is 11.3 Å². The van der Waals surface area contributed by atoms with Gasteiger partial charge >= 0.3 is 0 Å². The molecule has 102 valence electrons. The fourth-order valence-corrected chi connectivity index (χ4v) is 2.24. The molecule has 1 rings (SSSR count). The van der Waals surface area contributed by atoms with Gasteiger partial charge in [-0.25, -0.2) is 4.98 Å². The normalized spacial score (nSPS) is 11.6. The van der Waals surface area contributed by atoms with Crippen molar-refractivity contribution in [1.82, 2.24) is 10.3 Å². The van der Waals surface area contributed by atoms with Gasteiger partial charge in [0.1, 0.15) is 10.7 Å². The highest BCUT2D eigenvalue weighted by Gasteiger charge is 2.11. The number of amides is 1. The predicted octanol–water partition coefficient (Wildman–Crippen LogP) is 2.55. The van der Waals surface area contributed by atoms with Gasteiger partial charge in [-0.15, -0.1) is 11.3 Å². The van der Waals surface area contributed by atoms with Crippen molar-refractivity contribution in [2.24, 2.45) is 11.1 Å². The van der Waals surface area contributed by atoms with Crippen LogP contribution in [0.5, 0.6) is 0 Å². The van der Waals surface area contributed by atoms with Crippen molar-refractivity contribution < 1.29 is 4.79 Å². The van der Waals surface area contributed by atoms with E-state index < -0.39 is 0 Å². The van der Waals surface area contributed by atoms with Crippen LogP contribution in [0.4, 0.5) is 0 Å². The first-order valence-electron chi connectivity index (χ1n) is 6.35. The fourth-order valence-electron chi connectivity index (χ4n) is 1.58. The summed E-state index contributed by atoms with van der Waals surface area (Å²) >= 11 is 1.43. The van der Waals surface area contributed by atoms with Gasteiger partial charge in [0.25, 0.3) is 5.91 Å². The lowest BCUT2D eigenvalue weighted by atomic mass is 9.90. The summed E-state index contributed by atoms with van der Waals surface area (Å²) in [5.41, 5.74) is 6.31. The zero-order valence-corrected chi connectivity index (χ0v) is 12.3. The molecule has 0 radical (unpaired) electrons. The van der Waals surface area contributed by atoms with Crippen molar-refractivity contribution in [3.63, 3.8) is 0 Å². The highest BCUT2D eigenvalue weighted by Crippen LogP contribution is 2.21. The van der Waals surface area contributed by atoms with Gasteiger partial charge in [-0.3, -0.25) is 4.79 Å². The first-order valence-corrected chi connectivity index (χ1v) is 7.23. The molecule has 4 nitrogen and oxygen atoms in total. The van der Waals surface area contributed by atoms with Gasteiger partial charge in [0.2, 0.25) is 0 Å². The smallest absolute Gasteiger partial charge is 0.270 e. The third-order valence-corrected chi connectivity index (χ3v) is 3.47. The molecule has 1 aromatic heterocycles. The number of carbonyl (C=O) groups excluding carboxylic acids is 1. The van der Waals surface area contributed by atoms with Gasteiger partial charge in [-0.1, -0.05) is 27.2 Å². The SMILES string of the molecule is CC(C)(C)CCCCNC(=O)c1csc(CN)n1. The van der Waals surface area contributed by atoms with Crippen LogP contribution in [-0.2, 0) is 6.54 Å². The number of carbonyl (C=O) groups is 1. The summed E-state index contributed by atoms with van der Waals surface area (Å²) in [4.78, 5) is 15.9. The molecule has 1 heterocycles. The van der Waals surface area contributed by atoms with E-state index in [4.69, 9.17) is 5.73 Å². The van der Waals surface area contributed by atoms with Crippen molar-refractivity contribution in [2.75, 3.05) is 6.54 Å². The topological polar surface area (TPSA) is 68.0 Å². The Kier molecular flexibility index (Phi) is 5.75. The predicted molar refractivity (Wildman–Crippen MR) is 75.6 cm³/mol. The molecule has 0 saturated carbocycles. The highest BCUT2D eigenvalue weighted by atomic mass is 32.1. The Hall–Kier alpha value is -0.940. The quantitative estimate of drug-likeness (QED) is 0.780. The van der Waals surface area contributed by atoms with Crippen LogP contribution in [-0.4, -0.2) is 17.4 Å². The summed E-state index contributed by atoms with van der Waals surface area (Å²) in [5.74, 6) is -0.0956. The van der Waals surface area contributed by atoms with Gasteiger partial charge in [0, 0.05) is 18.5 Å². The number of unbranched alkanes of at least 4 members (excludes halogenated alkanes) is 1. The van der Waals surface area contributed by atoms with Crippen molar-refractivity contribution >= 4 is 17.2 Å². The summed E-state index contributed by atoms with van der Waals surface area (Å²) < 4.78 is 0. The van der Waals surface area contributed by atoms with Crippen molar-refractivity contribution in [1.29, 1.82) is 0 Å². The van der Waals surface area contributed by atoms with E-state index in [0.717, 1.165) is 17.8 Å². The maximum absolute atomic E-state index is 11.7. The lowest BCUT2D eigenvalue weighted by Crippen LogP contribution is -2.25. The number of nitrogens with zero attached hydrogens (tertiary/aromatic N) is 1. The molecule has 1 aromatic rings. The molecule has 0 unspecified atom stereocenters. The average molecular weight is 269 g/mol. The molecular formula is C13H23N3OS. The van der Waals surface area contributed by atoms with E-state index in [0.29, 0.717) is 24.2 Å². The van der Waals surface area contributed by atoms with Crippen LogP contribution in [0.1, 0.15) is 55.5 Å². The van der Waals surface area contributed by atoms with Crippen LogP contribution in [0.25, 0.3) is 0 Å². The minimum absolute atomic E-state index is 0.0956. The zero-order valence-electron chi connectivity index (χ0n) is 11.5. The Morgan fingerprint density at radius 2 is 2.17 bits per heavy atom. The number of nitrogens with two attached hydrogens (primary N) is 1. The van der Waals surface area contributed by atoms with E-state index in [1.807, 2.05) is 0 Å². The highest BCUT2D eigenvalue weighted by molar-refractivity contribution is 7.09. The molecule has 3 N–H and O–H groups in total. The third kappa shape index (κ3) is 5.60. The fraction of sp³-hybridized carbons (Fsp3) is 0.692. The Balaban J connectivity index is 2.21. The molecule has 0 saturated heterocycles. The Bertz CT molecular complexity index is 382. The molecule has 0 atom stereocenters. The van der Waals surface area contributed by atoms with Crippen LogP contribution < -0.4 is 11.1 Å². The second-order valence-electron chi connectivity index (χ2n) is 5.60. The van der Waals surface area contributed by atoms with Gasteiger partial charge in [-0.05, 0) is 18.3 Å². The average Bonchev–Trinajstić information content (AvgIpc) is 2.75. The van der Waals surface area contributed by atoms with Gasteiger partial charge < -0.3 is 11.1 Å². The second kappa shape index (κ2) is 6.85. The van der Waals surface area contributed by atoms with E-state index >= 15 is 0 Å². The minimum Gasteiger partial charge on any atom is -0.351 e. The molecule has 0 spiro atoms. The molecule has 5 heteroatoms. The monoisotopic (exact) mass is 269 g/mol. The van der Waals surface area contributed by atoms with Crippen LogP contribution in [0.2, 0.25) is 0 Å². The number of thiazole rings is 1. The largest absolute Gasteiger partial charge is 0.351 e. The van der Waals surface area contributed by atoms with Crippen LogP contribution in [0.15, 0.2) is 5.38 Å². The molecule has 0 fully saturated rings. The number of hydrogen-bond acceptors (Lipinski definition) is 4. The minimum atomic E-state index is -0.0956. The number of nitrogens with one attached hydrogen (secondary N) is 1. The lowest BCUT2D eigenvalue weighted by Gasteiger charge is -2.17. The summed E-state index contributed by atoms with van der Waals surface area (Å²) in [5, 5.41) is 5.44. The van der Waals surface area contributed by atoms with Crippen molar-refractivity contribution in [3.05, 3.63) is 16.1 Å². The van der Waals surface area contributed by atoms with Crippen molar-refractivity contribution in [3.8, 4) is 0 Å². The van der Waals surface area contributed by atoms with E-state index in [2.05, 4.69) is 31.1 Å². The molecule has 0 bridgehead atoms. The van der Waals surface area contributed by atoms with Crippen LogP contribution in [0.3, 0.4) is 0 Å². The Morgan fingerprint density at radius 1 is 1.44 bits per heavy atom. The van der Waals surface area contributed by atoms with Gasteiger partial charge in [0.15, 0.2) is 0 Å². The van der Waals surface area contributed by atoms with Gasteiger partial charge in [-0.2, -0.15) is 0 Å². The summed E-state index contributed by atoms with van der Waals surface area (Å²) in [6, 6.07) is 0. The standard InChI is InChI=1S/C13H23N3OS/c1-13(2,3)6-4-5-7-15-12(17)10-9-18-11(8-14)16-10/h9H,4-8,14H2,1-3H3,(H,15,17). The van der Waals surface area contributed by atoms with Crippen molar-refractivity contribution in [2.45, 2.75) is 46.6 Å². The first-order chi connectivity index (χ1) is 8.42. The maximum Gasteiger partial charge on any atom is 0.270 e. The number of aromatic nitrogens is 1. The number of hydrogen-bond donors (Lipinski definition) is 2. The molecule has 18 heavy (non-hydrogen) atoms. The van der Waals surface area contributed by atoms with E-state index in [1.165, 1.54) is 17.8 Å². The Morgan fingerprint density at radius 3 is 2.72 bits per heavy atom. The first kappa shape index (κ1) is 15.1. The molecule has 0 aliphatic rings. The summed E-state index contributed by atoms with van der Waals surface area (Å²) in [6.45, 7) is 7.80. The molecule has 0 aliphatic carbocycles. The van der Waals surface area contributed by atoms with Gasteiger partial charge in [0.05, 0.1) is 0 Å².